The fourth-order valence-corrected chi connectivity index (χ4v) is 2.75. The van der Waals surface area contributed by atoms with E-state index >= 15 is 0 Å². The standard InChI is InChI=1S/C19H17ClN6O4/c1-30-13-8-6-12(7-9-13)10-21-17-16(26(28)29)18(23-11-22-17)24-25-19(27)14-4-2-3-5-15(14)20/h2-9,11H,10H2,1H3,(H,25,27)(H2,21,22,23,24). The number of carbonyl (C=O) groups excluding carboxylic acids is 1. The van der Waals surface area contributed by atoms with Gasteiger partial charge in [-0.3, -0.25) is 25.8 Å². The molecule has 0 fully saturated rings. The fraction of sp³-hybridized carbons (Fsp3) is 0.105. The third-order valence-corrected chi connectivity index (χ3v) is 4.37. The van der Waals surface area contributed by atoms with Gasteiger partial charge in [0.25, 0.3) is 5.91 Å². The van der Waals surface area contributed by atoms with E-state index in [1.807, 2.05) is 12.1 Å². The lowest BCUT2D eigenvalue weighted by molar-refractivity contribution is -0.383. The van der Waals surface area contributed by atoms with Crippen molar-refractivity contribution in [1.29, 1.82) is 0 Å². The first-order chi connectivity index (χ1) is 14.5. The number of hydrazine groups is 1. The highest BCUT2D eigenvalue weighted by atomic mass is 35.5. The summed E-state index contributed by atoms with van der Waals surface area (Å²) >= 11 is 5.99. The van der Waals surface area contributed by atoms with Crippen LogP contribution in [0.5, 0.6) is 5.75 Å². The van der Waals surface area contributed by atoms with Crippen LogP contribution in [-0.4, -0.2) is 27.9 Å². The number of methoxy groups -OCH3 is 1. The molecule has 3 N–H and O–H groups in total. The van der Waals surface area contributed by atoms with E-state index in [4.69, 9.17) is 16.3 Å². The van der Waals surface area contributed by atoms with Crippen molar-refractivity contribution < 1.29 is 14.5 Å². The van der Waals surface area contributed by atoms with Crippen LogP contribution < -0.4 is 20.9 Å². The van der Waals surface area contributed by atoms with Gasteiger partial charge < -0.3 is 10.1 Å². The number of ether oxygens (including phenoxy) is 1. The molecule has 0 unspecified atom stereocenters. The average Bonchev–Trinajstić information content (AvgIpc) is 2.76. The number of carbonyl (C=O) groups is 1. The Morgan fingerprint density at radius 1 is 1.13 bits per heavy atom. The van der Waals surface area contributed by atoms with Crippen molar-refractivity contribution in [3.8, 4) is 5.75 Å². The first kappa shape index (κ1) is 20.8. The minimum Gasteiger partial charge on any atom is -0.497 e. The molecule has 1 amide bonds. The Balaban J connectivity index is 1.74. The zero-order valence-electron chi connectivity index (χ0n) is 15.8. The molecule has 154 valence electrons. The molecule has 30 heavy (non-hydrogen) atoms. The quantitative estimate of drug-likeness (QED) is 0.367. The lowest BCUT2D eigenvalue weighted by atomic mass is 10.2. The summed E-state index contributed by atoms with van der Waals surface area (Å²) in [5.74, 6) is -0.0401. The molecule has 0 saturated carbocycles. The third-order valence-electron chi connectivity index (χ3n) is 4.04. The second-order valence-corrected chi connectivity index (χ2v) is 6.34. The van der Waals surface area contributed by atoms with E-state index in [0.29, 0.717) is 5.75 Å². The first-order valence-electron chi connectivity index (χ1n) is 8.66. The number of benzene rings is 2. The zero-order valence-corrected chi connectivity index (χ0v) is 16.5. The summed E-state index contributed by atoms with van der Waals surface area (Å²) in [5.41, 5.74) is 5.49. The van der Waals surface area contributed by atoms with E-state index in [1.54, 1.807) is 37.4 Å². The first-order valence-corrected chi connectivity index (χ1v) is 9.04. The van der Waals surface area contributed by atoms with E-state index in [-0.39, 0.29) is 28.8 Å². The van der Waals surface area contributed by atoms with Crippen molar-refractivity contribution in [3.63, 3.8) is 0 Å². The van der Waals surface area contributed by atoms with Crippen LogP contribution in [0.1, 0.15) is 15.9 Å². The Morgan fingerprint density at radius 3 is 2.50 bits per heavy atom. The van der Waals surface area contributed by atoms with Crippen LogP contribution in [-0.2, 0) is 6.54 Å². The molecule has 0 atom stereocenters. The monoisotopic (exact) mass is 428 g/mol. The van der Waals surface area contributed by atoms with E-state index in [1.165, 1.54) is 6.07 Å². The van der Waals surface area contributed by atoms with Crippen LogP contribution in [0.25, 0.3) is 0 Å². The molecule has 10 nitrogen and oxygen atoms in total. The maximum Gasteiger partial charge on any atom is 0.354 e. The van der Waals surface area contributed by atoms with Crippen LogP contribution in [0.2, 0.25) is 5.02 Å². The van der Waals surface area contributed by atoms with Gasteiger partial charge >= 0.3 is 5.69 Å². The number of nitro groups is 1. The van der Waals surface area contributed by atoms with E-state index in [2.05, 4.69) is 26.1 Å². The molecule has 1 aromatic heterocycles. The van der Waals surface area contributed by atoms with Crippen molar-refractivity contribution in [2.75, 3.05) is 17.9 Å². The molecule has 0 saturated heterocycles. The van der Waals surface area contributed by atoms with Crippen LogP contribution >= 0.6 is 11.6 Å². The second kappa shape index (κ2) is 9.52. The predicted molar refractivity (Wildman–Crippen MR) is 112 cm³/mol. The SMILES string of the molecule is COc1ccc(CNc2ncnc(NNC(=O)c3ccccc3Cl)c2[N+](=O)[O-])cc1. The van der Waals surface area contributed by atoms with Gasteiger partial charge in [-0.05, 0) is 29.8 Å². The Morgan fingerprint density at radius 2 is 1.83 bits per heavy atom. The van der Waals surface area contributed by atoms with Gasteiger partial charge in [-0.1, -0.05) is 35.9 Å². The number of aromatic nitrogens is 2. The maximum absolute atomic E-state index is 12.3. The van der Waals surface area contributed by atoms with Gasteiger partial charge in [-0.2, -0.15) is 0 Å². The highest BCUT2D eigenvalue weighted by Crippen LogP contribution is 2.29. The molecular formula is C19H17ClN6O4. The van der Waals surface area contributed by atoms with Gasteiger partial charge in [0.1, 0.15) is 12.1 Å². The molecule has 0 bridgehead atoms. The third kappa shape index (κ3) is 4.92. The van der Waals surface area contributed by atoms with Crippen molar-refractivity contribution in [2.45, 2.75) is 6.54 Å². The molecule has 2 aromatic carbocycles. The minimum atomic E-state index is -0.639. The highest BCUT2D eigenvalue weighted by molar-refractivity contribution is 6.33. The number of hydrogen-bond acceptors (Lipinski definition) is 8. The number of hydrogen-bond donors (Lipinski definition) is 3. The Hall–Kier alpha value is -3.92. The summed E-state index contributed by atoms with van der Waals surface area (Å²) in [4.78, 5) is 31.0. The number of amides is 1. The van der Waals surface area contributed by atoms with Gasteiger partial charge in [-0.15, -0.1) is 0 Å². The van der Waals surface area contributed by atoms with Crippen molar-refractivity contribution >= 4 is 34.8 Å². The van der Waals surface area contributed by atoms with Gasteiger partial charge in [0.15, 0.2) is 0 Å². The fourth-order valence-electron chi connectivity index (χ4n) is 2.53. The molecule has 3 rings (SSSR count). The zero-order chi connectivity index (χ0) is 21.5. The largest absolute Gasteiger partial charge is 0.497 e. The number of rotatable bonds is 8. The smallest absolute Gasteiger partial charge is 0.354 e. The molecule has 0 aliphatic carbocycles. The summed E-state index contributed by atoms with van der Waals surface area (Å²) in [6, 6.07) is 13.6. The highest BCUT2D eigenvalue weighted by Gasteiger charge is 2.23. The Bertz CT molecular complexity index is 1060. The van der Waals surface area contributed by atoms with E-state index in [0.717, 1.165) is 11.9 Å². The van der Waals surface area contributed by atoms with Crippen molar-refractivity contribution in [3.05, 3.63) is 81.1 Å². The van der Waals surface area contributed by atoms with E-state index < -0.39 is 16.5 Å². The molecule has 0 spiro atoms. The predicted octanol–water partition coefficient (Wildman–Crippen LogP) is 3.42. The molecule has 0 radical (unpaired) electrons. The average molecular weight is 429 g/mol. The maximum atomic E-state index is 12.3. The number of halogens is 1. The van der Waals surface area contributed by atoms with Crippen LogP contribution in [0.4, 0.5) is 17.3 Å². The van der Waals surface area contributed by atoms with Crippen LogP contribution in [0.3, 0.4) is 0 Å². The molecule has 3 aromatic rings. The van der Waals surface area contributed by atoms with Gasteiger partial charge in [-0.25, -0.2) is 9.97 Å². The molecule has 0 aliphatic heterocycles. The summed E-state index contributed by atoms with van der Waals surface area (Å²) in [6.45, 7) is 0.285. The van der Waals surface area contributed by atoms with Crippen LogP contribution in [0.15, 0.2) is 54.9 Å². The summed E-state index contributed by atoms with van der Waals surface area (Å²) in [7, 11) is 1.57. The van der Waals surface area contributed by atoms with Gasteiger partial charge in [0.2, 0.25) is 11.6 Å². The number of nitrogens with zero attached hydrogens (tertiary/aromatic N) is 3. The van der Waals surface area contributed by atoms with Crippen LogP contribution in [0, 0.1) is 10.1 Å². The minimum absolute atomic E-state index is 0.000288. The summed E-state index contributed by atoms with van der Waals surface area (Å²) in [5, 5.41) is 14.8. The topological polar surface area (TPSA) is 131 Å². The molecule has 0 aliphatic rings. The summed E-state index contributed by atoms with van der Waals surface area (Å²) in [6.07, 6.45) is 1.15. The summed E-state index contributed by atoms with van der Waals surface area (Å²) < 4.78 is 5.10. The van der Waals surface area contributed by atoms with Gasteiger partial charge in [0, 0.05) is 6.54 Å². The lowest BCUT2D eigenvalue weighted by Crippen LogP contribution is -2.30. The van der Waals surface area contributed by atoms with Crippen molar-refractivity contribution in [2.24, 2.45) is 0 Å². The Labute approximate surface area is 176 Å². The Kier molecular flexibility index (Phi) is 6.60. The van der Waals surface area contributed by atoms with Crippen molar-refractivity contribution in [1.82, 2.24) is 15.4 Å². The number of anilines is 2. The molecular weight excluding hydrogens is 412 g/mol. The molecule has 1 heterocycles. The number of nitrogens with one attached hydrogen (secondary N) is 3. The second-order valence-electron chi connectivity index (χ2n) is 5.94. The van der Waals surface area contributed by atoms with Gasteiger partial charge in [0.05, 0.1) is 22.6 Å². The molecule has 11 heteroatoms. The lowest BCUT2D eigenvalue weighted by Gasteiger charge is -2.11. The normalized spacial score (nSPS) is 10.2. The van der Waals surface area contributed by atoms with E-state index in [9.17, 15) is 14.9 Å².